The SMILES string of the molecule is CCCC[C@H](O)CN(Cc1ccc(F)cc1)Cc1c(C)nn(-c2ccccc2)c1Oc1ccccc1OC. The Morgan fingerprint density at radius 1 is 0.947 bits per heavy atom. The van der Waals surface area contributed by atoms with E-state index in [0.29, 0.717) is 37.0 Å². The molecular formula is C31H36FN3O3. The van der Waals surface area contributed by atoms with Crippen LogP contribution in [0.4, 0.5) is 4.39 Å². The summed E-state index contributed by atoms with van der Waals surface area (Å²) in [5, 5.41) is 15.7. The molecule has 6 nitrogen and oxygen atoms in total. The number of ether oxygens (including phenoxy) is 2. The van der Waals surface area contributed by atoms with Gasteiger partial charge in [0.15, 0.2) is 11.5 Å². The van der Waals surface area contributed by atoms with E-state index in [0.717, 1.165) is 41.8 Å². The Morgan fingerprint density at radius 3 is 2.32 bits per heavy atom. The molecule has 1 N–H and O–H groups in total. The first-order valence-corrected chi connectivity index (χ1v) is 13.1. The second-order valence-electron chi connectivity index (χ2n) is 9.46. The van der Waals surface area contributed by atoms with Gasteiger partial charge in [-0.05, 0) is 55.3 Å². The van der Waals surface area contributed by atoms with E-state index in [-0.39, 0.29) is 5.82 Å². The summed E-state index contributed by atoms with van der Waals surface area (Å²) in [5.41, 5.74) is 3.57. The van der Waals surface area contributed by atoms with Crippen molar-refractivity contribution in [1.82, 2.24) is 14.7 Å². The van der Waals surface area contributed by atoms with E-state index in [1.54, 1.807) is 23.9 Å². The summed E-state index contributed by atoms with van der Waals surface area (Å²) < 4.78 is 27.4. The lowest BCUT2D eigenvalue weighted by atomic mass is 10.1. The fraction of sp³-hybridized carbons (Fsp3) is 0.323. The second kappa shape index (κ2) is 13.2. The van der Waals surface area contributed by atoms with Gasteiger partial charge < -0.3 is 14.6 Å². The van der Waals surface area contributed by atoms with E-state index >= 15 is 0 Å². The summed E-state index contributed by atoms with van der Waals surface area (Å²) in [5.74, 6) is 1.53. The normalized spacial score (nSPS) is 12.1. The molecule has 0 spiro atoms. The fourth-order valence-corrected chi connectivity index (χ4v) is 4.46. The number of hydrogen-bond acceptors (Lipinski definition) is 5. The number of para-hydroxylation sites is 3. The Balaban J connectivity index is 1.72. The summed E-state index contributed by atoms with van der Waals surface area (Å²) >= 11 is 0. The lowest BCUT2D eigenvalue weighted by molar-refractivity contribution is 0.0952. The monoisotopic (exact) mass is 517 g/mol. The minimum atomic E-state index is -0.474. The average molecular weight is 518 g/mol. The van der Waals surface area contributed by atoms with Crippen LogP contribution in [0.2, 0.25) is 0 Å². The van der Waals surface area contributed by atoms with Gasteiger partial charge in [-0.3, -0.25) is 4.90 Å². The molecule has 0 fully saturated rings. The first-order valence-electron chi connectivity index (χ1n) is 13.1. The third-order valence-corrected chi connectivity index (χ3v) is 6.47. The van der Waals surface area contributed by atoms with Crippen LogP contribution in [0.1, 0.15) is 43.0 Å². The molecule has 4 rings (SSSR count). The third-order valence-electron chi connectivity index (χ3n) is 6.47. The highest BCUT2D eigenvalue weighted by molar-refractivity contribution is 5.47. The molecule has 0 aliphatic carbocycles. The molecule has 1 atom stereocenters. The molecule has 200 valence electrons. The number of aromatic nitrogens is 2. The number of halogens is 1. The first kappa shape index (κ1) is 27.4. The molecule has 0 saturated carbocycles. The van der Waals surface area contributed by atoms with E-state index < -0.39 is 6.10 Å². The van der Waals surface area contributed by atoms with Crippen LogP contribution in [-0.2, 0) is 13.1 Å². The van der Waals surface area contributed by atoms with Crippen LogP contribution in [0, 0.1) is 12.7 Å². The van der Waals surface area contributed by atoms with Gasteiger partial charge >= 0.3 is 0 Å². The van der Waals surface area contributed by atoms with Crippen molar-refractivity contribution >= 4 is 0 Å². The van der Waals surface area contributed by atoms with Gasteiger partial charge in [0.2, 0.25) is 5.88 Å². The number of aryl methyl sites for hydroxylation is 1. The van der Waals surface area contributed by atoms with Gasteiger partial charge in [0.05, 0.1) is 30.2 Å². The summed E-state index contributed by atoms with van der Waals surface area (Å²) in [6.07, 6.45) is 2.23. The van der Waals surface area contributed by atoms with Crippen LogP contribution in [0.15, 0.2) is 78.9 Å². The Bertz CT molecular complexity index is 1290. The molecule has 0 saturated heterocycles. The van der Waals surface area contributed by atoms with Crippen molar-refractivity contribution in [3.05, 3.63) is 102 Å². The predicted molar refractivity (Wildman–Crippen MR) is 147 cm³/mol. The summed E-state index contributed by atoms with van der Waals surface area (Å²) in [6, 6.07) is 23.9. The minimum absolute atomic E-state index is 0.268. The minimum Gasteiger partial charge on any atom is -0.493 e. The van der Waals surface area contributed by atoms with E-state index in [9.17, 15) is 9.50 Å². The highest BCUT2D eigenvalue weighted by atomic mass is 19.1. The molecule has 4 aromatic rings. The van der Waals surface area contributed by atoms with Gasteiger partial charge in [-0.25, -0.2) is 9.07 Å². The topological polar surface area (TPSA) is 59.8 Å². The van der Waals surface area contributed by atoms with Crippen molar-refractivity contribution in [1.29, 1.82) is 0 Å². The van der Waals surface area contributed by atoms with E-state index in [1.165, 1.54) is 12.1 Å². The molecule has 0 aliphatic rings. The van der Waals surface area contributed by atoms with E-state index in [2.05, 4.69) is 11.8 Å². The Morgan fingerprint density at radius 2 is 1.63 bits per heavy atom. The van der Waals surface area contributed by atoms with Crippen LogP contribution in [0.5, 0.6) is 17.4 Å². The Labute approximate surface area is 224 Å². The molecule has 7 heteroatoms. The van der Waals surface area contributed by atoms with Crippen LogP contribution < -0.4 is 9.47 Å². The predicted octanol–water partition coefficient (Wildman–Crippen LogP) is 6.67. The number of aliphatic hydroxyl groups excluding tert-OH is 1. The van der Waals surface area contributed by atoms with Gasteiger partial charge in [0.25, 0.3) is 0 Å². The van der Waals surface area contributed by atoms with E-state index in [1.807, 2.05) is 61.5 Å². The van der Waals surface area contributed by atoms with Gasteiger partial charge in [0, 0.05) is 19.6 Å². The number of aliphatic hydroxyl groups is 1. The van der Waals surface area contributed by atoms with Gasteiger partial charge in [0.1, 0.15) is 5.82 Å². The molecule has 0 aliphatic heterocycles. The number of rotatable bonds is 13. The van der Waals surface area contributed by atoms with Crippen LogP contribution in [0.3, 0.4) is 0 Å². The Kier molecular flexibility index (Phi) is 9.51. The molecular weight excluding hydrogens is 481 g/mol. The molecule has 0 bridgehead atoms. The summed E-state index contributed by atoms with van der Waals surface area (Å²) in [4.78, 5) is 2.17. The van der Waals surface area contributed by atoms with E-state index in [4.69, 9.17) is 14.6 Å². The largest absolute Gasteiger partial charge is 0.493 e. The van der Waals surface area contributed by atoms with Gasteiger partial charge in [-0.15, -0.1) is 0 Å². The van der Waals surface area contributed by atoms with Crippen molar-refractivity contribution in [3.8, 4) is 23.1 Å². The van der Waals surface area contributed by atoms with Crippen LogP contribution in [-0.4, -0.2) is 39.5 Å². The molecule has 1 aromatic heterocycles. The third kappa shape index (κ3) is 7.00. The maximum atomic E-state index is 13.6. The number of methoxy groups -OCH3 is 1. The fourth-order valence-electron chi connectivity index (χ4n) is 4.46. The standard InChI is InChI=1S/C31H36FN3O3/c1-4-5-13-27(36)21-34(20-24-16-18-25(32)19-17-24)22-28-23(2)33-35(26-11-7-6-8-12-26)31(28)38-30-15-10-9-14-29(30)37-3/h6-12,14-19,27,36H,4-5,13,20-22H2,1-3H3/t27-/m0/s1. The van der Waals surface area contributed by atoms with Gasteiger partial charge in [-0.1, -0.05) is 62.2 Å². The lowest BCUT2D eigenvalue weighted by Crippen LogP contribution is -2.32. The maximum Gasteiger partial charge on any atom is 0.227 e. The molecule has 0 unspecified atom stereocenters. The second-order valence-corrected chi connectivity index (χ2v) is 9.46. The van der Waals surface area contributed by atoms with Gasteiger partial charge in [-0.2, -0.15) is 5.10 Å². The molecule has 3 aromatic carbocycles. The summed E-state index contributed by atoms with van der Waals surface area (Å²) in [6.45, 7) is 5.60. The number of nitrogens with zero attached hydrogens (tertiary/aromatic N) is 3. The van der Waals surface area contributed by atoms with Crippen LogP contribution in [0.25, 0.3) is 5.69 Å². The molecule has 1 heterocycles. The molecule has 0 radical (unpaired) electrons. The van der Waals surface area contributed by atoms with Crippen LogP contribution >= 0.6 is 0 Å². The van der Waals surface area contributed by atoms with Crippen molar-refractivity contribution in [2.45, 2.75) is 52.3 Å². The first-order chi connectivity index (χ1) is 18.5. The highest BCUT2D eigenvalue weighted by Crippen LogP contribution is 2.36. The average Bonchev–Trinajstić information content (AvgIpc) is 3.24. The van der Waals surface area contributed by atoms with Crippen molar-refractivity contribution in [2.24, 2.45) is 0 Å². The number of unbranched alkanes of at least 4 members (excludes halogenated alkanes) is 1. The zero-order chi connectivity index (χ0) is 26.9. The van der Waals surface area contributed by atoms with Crippen molar-refractivity contribution < 1.29 is 19.0 Å². The smallest absolute Gasteiger partial charge is 0.227 e. The summed E-state index contributed by atoms with van der Waals surface area (Å²) in [7, 11) is 1.62. The quantitative estimate of drug-likeness (QED) is 0.215. The Hall–Kier alpha value is -3.68. The number of benzene rings is 3. The van der Waals surface area contributed by atoms with Crippen molar-refractivity contribution in [3.63, 3.8) is 0 Å². The zero-order valence-electron chi connectivity index (χ0n) is 22.3. The maximum absolute atomic E-state index is 13.6. The lowest BCUT2D eigenvalue weighted by Gasteiger charge is -2.26. The molecule has 38 heavy (non-hydrogen) atoms. The zero-order valence-corrected chi connectivity index (χ0v) is 22.3. The molecule has 0 amide bonds. The van der Waals surface area contributed by atoms with Crippen molar-refractivity contribution in [2.75, 3.05) is 13.7 Å². The highest BCUT2D eigenvalue weighted by Gasteiger charge is 2.23. The number of hydrogen-bond donors (Lipinski definition) is 1.